The van der Waals surface area contributed by atoms with Crippen molar-refractivity contribution in [2.24, 2.45) is 0 Å². The molecule has 0 amide bonds. The van der Waals surface area contributed by atoms with Crippen LogP contribution in [0.4, 0.5) is 18.9 Å². The molecule has 0 fully saturated rings. The summed E-state index contributed by atoms with van der Waals surface area (Å²) in [5, 5.41) is 2.73. The first-order valence-corrected chi connectivity index (χ1v) is 6.88. The van der Waals surface area contributed by atoms with Crippen molar-refractivity contribution in [3.8, 4) is 0 Å². The zero-order valence-electron chi connectivity index (χ0n) is 9.48. The van der Waals surface area contributed by atoms with Gasteiger partial charge >= 0.3 is 0 Å². The van der Waals surface area contributed by atoms with Gasteiger partial charge in [-0.1, -0.05) is 15.9 Å². The van der Waals surface area contributed by atoms with Crippen molar-refractivity contribution in [2.75, 3.05) is 5.32 Å². The first kappa shape index (κ1) is 14.4. The summed E-state index contributed by atoms with van der Waals surface area (Å²) < 4.78 is 40.9. The maximum Gasteiger partial charge on any atom is 0.149 e. The number of halogens is 5. The molecule has 0 radical (unpaired) electrons. The number of hydrogen-bond acceptors (Lipinski definition) is 1. The van der Waals surface area contributed by atoms with Crippen LogP contribution < -0.4 is 5.32 Å². The van der Waals surface area contributed by atoms with Crippen LogP contribution >= 0.6 is 31.9 Å². The predicted octanol–water partition coefficient (Wildman–Crippen LogP) is 5.24. The van der Waals surface area contributed by atoms with E-state index in [1.54, 1.807) is 12.1 Å². The first-order chi connectivity index (χ1) is 8.97. The summed E-state index contributed by atoms with van der Waals surface area (Å²) in [6, 6.07) is 6.54. The molecule has 0 aliphatic rings. The van der Waals surface area contributed by atoms with Crippen LogP contribution in [0.3, 0.4) is 0 Å². The molecule has 0 aliphatic carbocycles. The average Bonchev–Trinajstić information content (AvgIpc) is 2.36. The zero-order chi connectivity index (χ0) is 14.0. The van der Waals surface area contributed by atoms with Crippen molar-refractivity contribution >= 4 is 37.5 Å². The first-order valence-electron chi connectivity index (χ1n) is 5.29. The van der Waals surface area contributed by atoms with Crippen LogP contribution in [-0.4, -0.2) is 0 Å². The molecule has 0 saturated heterocycles. The third kappa shape index (κ3) is 3.51. The van der Waals surface area contributed by atoms with Crippen LogP contribution in [0.15, 0.2) is 39.3 Å². The smallest absolute Gasteiger partial charge is 0.149 e. The van der Waals surface area contributed by atoms with Gasteiger partial charge in [-0.15, -0.1) is 0 Å². The lowest BCUT2D eigenvalue weighted by Crippen LogP contribution is -2.04. The Balaban J connectivity index is 2.19. The van der Waals surface area contributed by atoms with Crippen molar-refractivity contribution in [3.63, 3.8) is 0 Å². The molecule has 0 heterocycles. The Hall–Kier alpha value is -1.01. The summed E-state index contributed by atoms with van der Waals surface area (Å²) >= 11 is 6.20. The molecule has 2 rings (SSSR count). The van der Waals surface area contributed by atoms with Gasteiger partial charge in [-0.05, 0) is 40.2 Å². The molecule has 2 aromatic rings. The fraction of sp³-hybridized carbons (Fsp3) is 0.0769. The van der Waals surface area contributed by atoms with Crippen LogP contribution in [0.1, 0.15) is 5.56 Å². The van der Waals surface area contributed by atoms with Crippen molar-refractivity contribution in [1.82, 2.24) is 0 Å². The second-order valence-corrected chi connectivity index (χ2v) is 5.61. The number of rotatable bonds is 3. The van der Waals surface area contributed by atoms with E-state index < -0.39 is 17.5 Å². The Kier molecular flexibility index (Phi) is 4.52. The minimum absolute atomic E-state index is 0.0975. The highest BCUT2D eigenvalue weighted by Crippen LogP contribution is 2.24. The van der Waals surface area contributed by atoms with Gasteiger partial charge in [0.05, 0.1) is 10.2 Å². The SMILES string of the molecule is Fc1cc(F)c(NCc2cc(Br)ccc2F)cc1Br. The van der Waals surface area contributed by atoms with E-state index in [1.807, 2.05) is 0 Å². The van der Waals surface area contributed by atoms with Crippen LogP contribution in [0, 0.1) is 17.5 Å². The molecule has 0 bridgehead atoms. The molecule has 0 saturated carbocycles. The molecular weight excluding hydrogens is 387 g/mol. The van der Waals surface area contributed by atoms with Crippen molar-refractivity contribution in [1.29, 1.82) is 0 Å². The molecule has 6 heteroatoms. The molecule has 19 heavy (non-hydrogen) atoms. The molecule has 0 aromatic heterocycles. The monoisotopic (exact) mass is 393 g/mol. The quantitative estimate of drug-likeness (QED) is 0.702. The van der Waals surface area contributed by atoms with Gasteiger partial charge in [0.2, 0.25) is 0 Å². The lowest BCUT2D eigenvalue weighted by Gasteiger charge is -2.10. The van der Waals surface area contributed by atoms with E-state index >= 15 is 0 Å². The lowest BCUT2D eigenvalue weighted by atomic mass is 10.2. The van der Waals surface area contributed by atoms with Gasteiger partial charge < -0.3 is 5.32 Å². The highest BCUT2D eigenvalue weighted by molar-refractivity contribution is 9.10. The third-order valence-electron chi connectivity index (χ3n) is 2.49. The predicted molar refractivity (Wildman–Crippen MR) is 75.5 cm³/mol. The van der Waals surface area contributed by atoms with Crippen molar-refractivity contribution < 1.29 is 13.2 Å². The minimum atomic E-state index is -0.726. The second-order valence-electron chi connectivity index (χ2n) is 3.84. The highest BCUT2D eigenvalue weighted by Gasteiger charge is 2.09. The Morgan fingerprint density at radius 1 is 0.895 bits per heavy atom. The Morgan fingerprint density at radius 3 is 2.37 bits per heavy atom. The summed E-state index contributed by atoms with van der Waals surface area (Å²) in [6.45, 7) is 0.0975. The fourth-order valence-corrected chi connectivity index (χ4v) is 2.28. The topological polar surface area (TPSA) is 12.0 Å². The summed E-state index contributed by atoms with van der Waals surface area (Å²) in [7, 11) is 0. The molecule has 0 atom stereocenters. The number of hydrogen-bond donors (Lipinski definition) is 1. The molecule has 0 spiro atoms. The van der Waals surface area contributed by atoms with E-state index in [9.17, 15) is 13.2 Å². The minimum Gasteiger partial charge on any atom is -0.378 e. The van der Waals surface area contributed by atoms with Crippen LogP contribution in [0.5, 0.6) is 0 Å². The highest BCUT2D eigenvalue weighted by atomic mass is 79.9. The number of benzene rings is 2. The van der Waals surface area contributed by atoms with E-state index in [1.165, 1.54) is 12.1 Å². The molecule has 100 valence electrons. The largest absolute Gasteiger partial charge is 0.378 e. The van der Waals surface area contributed by atoms with E-state index in [4.69, 9.17) is 0 Å². The van der Waals surface area contributed by atoms with E-state index in [0.717, 1.165) is 10.5 Å². The van der Waals surface area contributed by atoms with Gasteiger partial charge in [0.15, 0.2) is 0 Å². The number of nitrogens with one attached hydrogen (secondary N) is 1. The van der Waals surface area contributed by atoms with Gasteiger partial charge in [-0.2, -0.15) is 0 Å². The van der Waals surface area contributed by atoms with Gasteiger partial charge in [0, 0.05) is 22.6 Å². The van der Waals surface area contributed by atoms with Gasteiger partial charge in [0.25, 0.3) is 0 Å². The van der Waals surface area contributed by atoms with Crippen LogP contribution in [0.25, 0.3) is 0 Å². The molecular formula is C13H8Br2F3N. The summed E-state index contributed by atoms with van der Waals surface area (Å²) in [6.07, 6.45) is 0. The zero-order valence-corrected chi connectivity index (χ0v) is 12.7. The van der Waals surface area contributed by atoms with Crippen molar-refractivity contribution in [3.05, 3.63) is 62.3 Å². The lowest BCUT2D eigenvalue weighted by molar-refractivity contribution is 0.580. The average molecular weight is 395 g/mol. The Morgan fingerprint density at radius 2 is 1.63 bits per heavy atom. The van der Waals surface area contributed by atoms with E-state index in [-0.39, 0.29) is 16.7 Å². The van der Waals surface area contributed by atoms with Crippen LogP contribution in [-0.2, 0) is 6.54 Å². The molecule has 0 aliphatic heterocycles. The summed E-state index contributed by atoms with van der Waals surface area (Å²) in [4.78, 5) is 0. The Labute approximate surface area is 125 Å². The van der Waals surface area contributed by atoms with Crippen LogP contribution in [0.2, 0.25) is 0 Å². The fourth-order valence-electron chi connectivity index (χ4n) is 1.53. The molecule has 1 nitrogen and oxygen atoms in total. The summed E-state index contributed by atoms with van der Waals surface area (Å²) in [5.74, 6) is -1.80. The number of anilines is 1. The standard InChI is InChI=1S/C13H8Br2F3N/c14-8-1-2-10(16)7(3-8)6-19-13-4-9(15)11(17)5-12(13)18/h1-5,19H,6H2. The van der Waals surface area contributed by atoms with Gasteiger partial charge in [-0.3, -0.25) is 0 Å². The maximum atomic E-state index is 13.5. The molecule has 2 aromatic carbocycles. The van der Waals surface area contributed by atoms with E-state index in [0.29, 0.717) is 5.56 Å². The second kappa shape index (κ2) is 5.96. The normalized spacial score (nSPS) is 10.6. The maximum absolute atomic E-state index is 13.5. The van der Waals surface area contributed by atoms with E-state index in [2.05, 4.69) is 37.2 Å². The molecule has 1 N–H and O–H groups in total. The van der Waals surface area contributed by atoms with Gasteiger partial charge in [-0.25, -0.2) is 13.2 Å². The molecule has 0 unspecified atom stereocenters. The third-order valence-corrected chi connectivity index (χ3v) is 3.59. The summed E-state index contributed by atoms with van der Waals surface area (Å²) in [5.41, 5.74) is 0.488. The van der Waals surface area contributed by atoms with Gasteiger partial charge in [0.1, 0.15) is 17.5 Å². The van der Waals surface area contributed by atoms with Crippen molar-refractivity contribution in [2.45, 2.75) is 6.54 Å². The Bertz CT molecular complexity index is 617.